The van der Waals surface area contributed by atoms with Gasteiger partial charge in [-0.05, 0) is 67.8 Å². The van der Waals surface area contributed by atoms with Gasteiger partial charge in [-0.3, -0.25) is 33.6 Å². The molecule has 1 aromatic rings. The Kier molecular flexibility index (Phi) is 17.3. The Morgan fingerprint density at radius 2 is 1.25 bits per heavy atom. The number of rotatable bonds is 15. The lowest BCUT2D eigenvalue weighted by atomic mass is 10.1. The Labute approximate surface area is 294 Å². The van der Waals surface area contributed by atoms with Crippen molar-refractivity contribution in [2.24, 2.45) is 0 Å². The van der Waals surface area contributed by atoms with Crippen LogP contribution < -0.4 is 10.6 Å². The highest BCUT2D eigenvalue weighted by Gasteiger charge is 2.31. The molecule has 0 aliphatic carbocycles. The van der Waals surface area contributed by atoms with Gasteiger partial charge in [0.2, 0.25) is 5.91 Å². The van der Waals surface area contributed by atoms with E-state index in [9.17, 15) is 33.6 Å². The number of benzene rings is 1. The number of methoxy groups -OCH3 is 1. The van der Waals surface area contributed by atoms with Gasteiger partial charge in [0.25, 0.3) is 11.8 Å². The van der Waals surface area contributed by atoms with E-state index in [1.165, 1.54) is 39.8 Å². The molecule has 0 spiro atoms. The summed E-state index contributed by atoms with van der Waals surface area (Å²) in [7, 11) is 2.76. The summed E-state index contributed by atoms with van der Waals surface area (Å²) in [5.41, 5.74) is 0.252. The SMILES string of the molecule is COCC(=O)Nc1c(I)c(C(=O)NC[C@H](COC(C)=O)OC(C)=O)c(I)c(C(=O)N(C)C[C@@H](COC(C)=O)OC(C)=O)c1I. The highest BCUT2D eigenvalue weighted by molar-refractivity contribution is 14.1. The molecule has 0 aliphatic rings. The van der Waals surface area contributed by atoms with Crippen LogP contribution in [0.4, 0.5) is 5.69 Å². The van der Waals surface area contributed by atoms with Crippen molar-refractivity contribution in [2.45, 2.75) is 39.9 Å². The Morgan fingerprint density at radius 1 is 0.750 bits per heavy atom. The van der Waals surface area contributed by atoms with Crippen LogP contribution in [0.3, 0.4) is 0 Å². The van der Waals surface area contributed by atoms with Crippen LogP contribution in [0.25, 0.3) is 0 Å². The Balaban J connectivity index is 3.56. The summed E-state index contributed by atoms with van der Waals surface area (Å²) in [4.78, 5) is 86.8. The van der Waals surface area contributed by atoms with Crippen molar-refractivity contribution in [3.63, 3.8) is 0 Å². The van der Waals surface area contributed by atoms with Crippen LogP contribution in [0.2, 0.25) is 0 Å². The second-order valence-corrected chi connectivity index (χ2v) is 12.2. The fourth-order valence-corrected chi connectivity index (χ4v) is 7.88. The van der Waals surface area contributed by atoms with E-state index in [0.717, 1.165) is 6.92 Å². The Morgan fingerprint density at radius 3 is 1.75 bits per heavy atom. The number of carbonyl (C=O) groups excluding carboxylic acids is 7. The maximum absolute atomic E-state index is 13.8. The van der Waals surface area contributed by atoms with Crippen LogP contribution in [0.15, 0.2) is 0 Å². The van der Waals surface area contributed by atoms with Gasteiger partial charge in [0.15, 0.2) is 12.2 Å². The summed E-state index contributed by atoms with van der Waals surface area (Å²) in [6.45, 7) is 3.39. The van der Waals surface area contributed by atoms with Crippen molar-refractivity contribution in [1.82, 2.24) is 10.2 Å². The Hall–Kier alpha value is -2.34. The first-order valence-corrected chi connectivity index (χ1v) is 15.9. The molecule has 0 aliphatic heterocycles. The van der Waals surface area contributed by atoms with Crippen molar-refractivity contribution in [3.8, 4) is 0 Å². The van der Waals surface area contributed by atoms with Gasteiger partial charge in [-0.2, -0.15) is 0 Å². The van der Waals surface area contributed by atoms with Crippen LogP contribution >= 0.6 is 67.8 Å². The molecule has 0 aromatic heterocycles. The molecular formula is C26H32I3N3O12. The molecule has 0 bridgehead atoms. The van der Waals surface area contributed by atoms with Crippen LogP contribution in [0, 0.1) is 10.7 Å². The predicted molar refractivity (Wildman–Crippen MR) is 179 cm³/mol. The predicted octanol–water partition coefficient (Wildman–Crippen LogP) is 1.88. The molecule has 2 atom stereocenters. The molecule has 0 heterocycles. The molecule has 0 radical (unpaired) electrons. The molecule has 44 heavy (non-hydrogen) atoms. The Bertz CT molecular complexity index is 1290. The molecule has 0 saturated heterocycles. The number of amides is 3. The zero-order chi connectivity index (χ0) is 33.7. The molecule has 15 nitrogen and oxygen atoms in total. The van der Waals surface area contributed by atoms with Crippen molar-refractivity contribution in [3.05, 3.63) is 21.8 Å². The molecule has 2 N–H and O–H groups in total. The van der Waals surface area contributed by atoms with Crippen molar-refractivity contribution in [2.75, 3.05) is 52.4 Å². The lowest BCUT2D eigenvalue weighted by Crippen LogP contribution is -2.40. The van der Waals surface area contributed by atoms with E-state index in [4.69, 9.17) is 23.7 Å². The second-order valence-electron chi connectivity index (χ2n) is 9.01. The second kappa shape index (κ2) is 19.2. The minimum atomic E-state index is -0.997. The standard InChI is InChI=1S/C26H32I3N3O12/c1-12(33)41-9-16(43-14(3)35)7-30-25(38)19-21(27)20(23(29)24(22(19)28)31-18(37)11-40-6)26(39)32(5)8-17(44-15(4)36)10-42-13(2)34/h16-17H,7-11H2,1-6H3,(H,30,38)(H,31,37)/t16-,17+/m1/s1. The fourth-order valence-electron chi connectivity index (χ4n) is 3.49. The minimum Gasteiger partial charge on any atom is -0.462 e. The summed E-state index contributed by atoms with van der Waals surface area (Å²) in [6.07, 6.45) is -1.98. The monoisotopic (exact) mass is 959 g/mol. The van der Waals surface area contributed by atoms with Crippen LogP contribution in [-0.4, -0.2) is 106 Å². The van der Waals surface area contributed by atoms with Gasteiger partial charge in [0.1, 0.15) is 19.8 Å². The highest BCUT2D eigenvalue weighted by Crippen LogP contribution is 2.36. The largest absolute Gasteiger partial charge is 0.462 e. The quantitative estimate of drug-likeness (QED) is 0.148. The summed E-state index contributed by atoms with van der Waals surface area (Å²) in [6, 6.07) is 0. The van der Waals surface area contributed by atoms with Gasteiger partial charge >= 0.3 is 23.9 Å². The summed E-state index contributed by atoms with van der Waals surface area (Å²) < 4.78 is 25.9. The van der Waals surface area contributed by atoms with E-state index in [0.29, 0.717) is 7.14 Å². The average Bonchev–Trinajstić information content (AvgIpc) is 2.90. The third-order valence-electron chi connectivity index (χ3n) is 5.22. The van der Waals surface area contributed by atoms with Gasteiger partial charge in [-0.25, -0.2) is 0 Å². The number of anilines is 1. The average molecular weight is 959 g/mol. The van der Waals surface area contributed by atoms with Crippen molar-refractivity contribution in [1.29, 1.82) is 0 Å². The van der Waals surface area contributed by atoms with Crippen molar-refractivity contribution >= 4 is 115 Å². The van der Waals surface area contributed by atoms with Gasteiger partial charge in [-0.15, -0.1) is 0 Å². The zero-order valence-corrected chi connectivity index (χ0v) is 31.1. The third kappa shape index (κ3) is 12.9. The number of hydrogen-bond acceptors (Lipinski definition) is 12. The molecule has 18 heteroatoms. The molecular weight excluding hydrogens is 927 g/mol. The van der Waals surface area contributed by atoms with Crippen molar-refractivity contribution < 1.29 is 57.2 Å². The number of ether oxygens (including phenoxy) is 5. The smallest absolute Gasteiger partial charge is 0.303 e. The van der Waals surface area contributed by atoms with E-state index in [-0.39, 0.29) is 53.3 Å². The number of esters is 4. The topological polar surface area (TPSA) is 193 Å². The summed E-state index contributed by atoms with van der Waals surface area (Å²) in [5, 5.41) is 5.30. The van der Waals surface area contributed by atoms with Gasteiger partial charge in [0.05, 0.1) is 37.0 Å². The van der Waals surface area contributed by atoms with E-state index in [1.54, 1.807) is 0 Å². The lowest BCUT2D eigenvalue weighted by molar-refractivity contribution is -0.156. The van der Waals surface area contributed by atoms with Crippen LogP contribution in [0.5, 0.6) is 0 Å². The molecule has 244 valence electrons. The van der Waals surface area contributed by atoms with E-state index in [2.05, 4.69) is 10.6 Å². The number of carbonyl (C=O) groups is 7. The first-order valence-electron chi connectivity index (χ1n) is 12.6. The molecule has 0 unspecified atom stereocenters. The van der Waals surface area contributed by atoms with E-state index < -0.39 is 53.8 Å². The number of hydrogen-bond donors (Lipinski definition) is 2. The lowest BCUT2D eigenvalue weighted by Gasteiger charge is -2.26. The molecule has 0 saturated carbocycles. The molecule has 3 amide bonds. The van der Waals surface area contributed by atoms with Crippen LogP contribution in [0.1, 0.15) is 48.4 Å². The molecule has 1 aromatic carbocycles. The van der Waals surface area contributed by atoms with Crippen LogP contribution in [-0.2, 0) is 47.7 Å². The fraction of sp³-hybridized carbons (Fsp3) is 0.500. The van der Waals surface area contributed by atoms with Gasteiger partial charge in [0, 0.05) is 45.4 Å². The normalized spacial score (nSPS) is 11.8. The van der Waals surface area contributed by atoms with Gasteiger partial charge in [-0.1, -0.05) is 0 Å². The van der Waals surface area contributed by atoms with E-state index >= 15 is 0 Å². The highest BCUT2D eigenvalue weighted by atomic mass is 127. The zero-order valence-electron chi connectivity index (χ0n) is 24.7. The third-order valence-corrected chi connectivity index (χ3v) is 8.46. The minimum absolute atomic E-state index is 0.0293. The van der Waals surface area contributed by atoms with E-state index in [1.807, 2.05) is 67.8 Å². The first-order chi connectivity index (χ1) is 20.5. The molecule has 0 fully saturated rings. The number of nitrogens with zero attached hydrogens (tertiary/aromatic N) is 1. The number of nitrogens with one attached hydrogen (secondary N) is 2. The molecule has 1 rings (SSSR count). The van der Waals surface area contributed by atoms with Gasteiger partial charge < -0.3 is 39.2 Å². The first kappa shape index (κ1) is 39.7. The summed E-state index contributed by atoms with van der Waals surface area (Å²) >= 11 is 5.59. The maximum atomic E-state index is 13.8. The number of halogens is 3. The summed E-state index contributed by atoms with van der Waals surface area (Å²) in [5.74, 6) is -4.34. The maximum Gasteiger partial charge on any atom is 0.303 e. The number of likely N-dealkylation sites (N-methyl/N-ethyl adjacent to an activating group) is 1.